The van der Waals surface area contributed by atoms with E-state index in [1.54, 1.807) is 6.20 Å². The quantitative estimate of drug-likeness (QED) is 0.655. The summed E-state index contributed by atoms with van der Waals surface area (Å²) < 4.78 is 0. The van der Waals surface area contributed by atoms with E-state index in [0.29, 0.717) is 5.95 Å². The zero-order valence-electron chi connectivity index (χ0n) is 12.1. The van der Waals surface area contributed by atoms with Gasteiger partial charge in [-0.1, -0.05) is 24.3 Å². The SMILES string of the molecule is c1cc2cc(c1)Nc1ccnc(n1)Nc1cccc(c1)CC2. The highest BCUT2D eigenvalue weighted by atomic mass is 15.1. The van der Waals surface area contributed by atoms with Crippen LogP contribution >= 0.6 is 0 Å². The number of hydrogen-bond acceptors (Lipinski definition) is 4. The minimum Gasteiger partial charge on any atom is -0.340 e. The van der Waals surface area contributed by atoms with Gasteiger partial charge in [0, 0.05) is 17.6 Å². The number of fused-ring (bicyclic) bond motifs is 6. The van der Waals surface area contributed by atoms with Crippen molar-refractivity contribution < 1.29 is 0 Å². The molecule has 0 fully saturated rings. The molecule has 4 rings (SSSR count). The summed E-state index contributed by atoms with van der Waals surface area (Å²) >= 11 is 0. The second-order valence-electron chi connectivity index (χ2n) is 5.42. The van der Waals surface area contributed by atoms with Gasteiger partial charge >= 0.3 is 0 Å². The molecule has 0 unspecified atom stereocenters. The molecule has 22 heavy (non-hydrogen) atoms. The average molecular weight is 288 g/mol. The van der Waals surface area contributed by atoms with E-state index in [9.17, 15) is 0 Å². The van der Waals surface area contributed by atoms with Crippen LogP contribution in [0.5, 0.6) is 0 Å². The van der Waals surface area contributed by atoms with Crippen LogP contribution in [0.1, 0.15) is 11.1 Å². The predicted molar refractivity (Wildman–Crippen MR) is 88.9 cm³/mol. The molecular formula is C18H16N4. The summed E-state index contributed by atoms with van der Waals surface area (Å²) in [5, 5.41) is 6.61. The molecule has 0 saturated heterocycles. The van der Waals surface area contributed by atoms with E-state index >= 15 is 0 Å². The summed E-state index contributed by atoms with van der Waals surface area (Å²) in [4.78, 5) is 8.79. The lowest BCUT2D eigenvalue weighted by Crippen LogP contribution is -2.00. The summed E-state index contributed by atoms with van der Waals surface area (Å²) in [7, 11) is 0. The molecule has 1 aliphatic heterocycles. The van der Waals surface area contributed by atoms with Crippen molar-refractivity contribution in [2.24, 2.45) is 0 Å². The van der Waals surface area contributed by atoms with Gasteiger partial charge in [-0.25, -0.2) is 4.98 Å². The molecule has 0 amide bonds. The van der Waals surface area contributed by atoms with E-state index in [-0.39, 0.29) is 0 Å². The smallest absolute Gasteiger partial charge is 0.229 e. The second-order valence-corrected chi connectivity index (χ2v) is 5.42. The number of benzene rings is 2. The molecule has 108 valence electrons. The molecule has 0 atom stereocenters. The Morgan fingerprint density at radius 2 is 1.45 bits per heavy atom. The molecule has 1 aliphatic rings. The van der Waals surface area contributed by atoms with Gasteiger partial charge in [-0.05, 0) is 54.3 Å². The number of aromatic nitrogens is 2. The van der Waals surface area contributed by atoms with Crippen LogP contribution in [-0.4, -0.2) is 9.97 Å². The van der Waals surface area contributed by atoms with E-state index in [4.69, 9.17) is 0 Å². The molecule has 6 bridgehead atoms. The second kappa shape index (κ2) is 5.48. The van der Waals surface area contributed by atoms with Gasteiger partial charge in [0.25, 0.3) is 0 Å². The zero-order chi connectivity index (χ0) is 14.8. The van der Waals surface area contributed by atoms with Crippen molar-refractivity contribution in [3.8, 4) is 0 Å². The molecule has 4 nitrogen and oxygen atoms in total. The Morgan fingerprint density at radius 1 is 0.773 bits per heavy atom. The predicted octanol–water partition coefficient (Wildman–Crippen LogP) is 4.06. The maximum absolute atomic E-state index is 4.51. The molecule has 4 heteroatoms. The van der Waals surface area contributed by atoms with Crippen LogP contribution in [0.3, 0.4) is 0 Å². The summed E-state index contributed by atoms with van der Waals surface area (Å²) in [6, 6.07) is 18.8. The highest BCUT2D eigenvalue weighted by Crippen LogP contribution is 2.21. The van der Waals surface area contributed by atoms with Crippen molar-refractivity contribution in [2.75, 3.05) is 10.6 Å². The molecule has 1 aromatic heterocycles. The van der Waals surface area contributed by atoms with Crippen LogP contribution in [0.25, 0.3) is 0 Å². The molecule has 2 N–H and O–H groups in total. The van der Waals surface area contributed by atoms with E-state index < -0.39 is 0 Å². The fourth-order valence-corrected chi connectivity index (χ4v) is 2.66. The first kappa shape index (κ1) is 12.8. The average Bonchev–Trinajstić information content (AvgIpc) is 2.54. The van der Waals surface area contributed by atoms with Crippen molar-refractivity contribution in [1.82, 2.24) is 9.97 Å². The van der Waals surface area contributed by atoms with Crippen LogP contribution in [0.2, 0.25) is 0 Å². The highest BCUT2D eigenvalue weighted by Gasteiger charge is 2.05. The van der Waals surface area contributed by atoms with Crippen LogP contribution < -0.4 is 10.6 Å². The minimum absolute atomic E-state index is 0.595. The number of hydrogen-bond donors (Lipinski definition) is 2. The summed E-state index contributed by atoms with van der Waals surface area (Å²) in [5.41, 5.74) is 4.68. The Hall–Kier alpha value is -2.88. The van der Waals surface area contributed by atoms with Gasteiger partial charge in [-0.2, -0.15) is 4.98 Å². The molecule has 0 aliphatic carbocycles. The fraction of sp³-hybridized carbons (Fsp3) is 0.111. The van der Waals surface area contributed by atoms with Gasteiger partial charge in [0.2, 0.25) is 5.95 Å². The monoisotopic (exact) mass is 288 g/mol. The Morgan fingerprint density at radius 3 is 2.18 bits per heavy atom. The van der Waals surface area contributed by atoms with Crippen molar-refractivity contribution in [3.05, 3.63) is 71.9 Å². The highest BCUT2D eigenvalue weighted by molar-refractivity contribution is 5.60. The van der Waals surface area contributed by atoms with E-state index in [1.165, 1.54) is 11.1 Å². The third kappa shape index (κ3) is 2.76. The van der Waals surface area contributed by atoms with Gasteiger partial charge in [0.1, 0.15) is 5.82 Å². The lowest BCUT2D eigenvalue weighted by atomic mass is 10.0. The molecule has 3 aromatic rings. The summed E-state index contributed by atoms with van der Waals surface area (Å²) in [6.07, 6.45) is 3.78. The Kier molecular flexibility index (Phi) is 3.20. The fourth-order valence-electron chi connectivity index (χ4n) is 2.66. The van der Waals surface area contributed by atoms with E-state index in [2.05, 4.69) is 63.1 Å². The maximum atomic E-state index is 4.51. The molecule has 0 radical (unpaired) electrons. The first-order valence-electron chi connectivity index (χ1n) is 7.40. The zero-order valence-corrected chi connectivity index (χ0v) is 12.1. The number of nitrogens with one attached hydrogen (secondary N) is 2. The van der Waals surface area contributed by atoms with Crippen LogP contribution in [0.15, 0.2) is 60.8 Å². The van der Waals surface area contributed by atoms with Crippen molar-refractivity contribution in [3.63, 3.8) is 0 Å². The Balaban J connectivity index is 1.80. The molecule has 2 aromatic carbocycles. The lowest BCUT2D eigenvalue weighted by Gasteiger charge is -2.08. The third-order valence-corrected chi connectivity index (χ3v) is 3.74. The van der Waals surface area contributed by atoms with Crippen LogP contribution in [-0.2, 0) is 12.8 Å². The van der Waals surface area contributed by atoms with Crippen molar-refractivity contribution in [1.29, 1.82) is 0 Å². The van der Waals surface area contributed by atoms with Gasteiger partial charge in [0.15, 0.2) is 0 Å². The van der Waals surface area contributed by atoms with Crippen LogP contribution in [0.4, 0.5) is 23.1 Å². The first-order valence-corrected chi connectivity index (χ1v) is 7.40. The van der Waals surface area contributed by atoms with Crippen LogP contribution in [0, 0.1) is 0 Å². The van der Waals surface area contributed by atoms with Gasteiger partial charge in [-0.15, -0.1) is 0 Å². The topological polar surface area (TPSA) is 49.8 Å². The van der Waals surface area contributed by atoms with Gasteiger partial charge in [0.05, 0.1) is 0 Å². The minimum atomic E-state index is 0.595. The maximum Gasteiger partial charge on any atom is 0.229 e. The first-order chi connectivity index (χ1) is 10.8. The number of anilines is 4. The number of rotatable bonds is 0. The normalized spacial score (nSPS) is 12.9. The van der Waals surface area contributed by atoms with E-state index in [1.807, 2.05) is 12.1 Å². The summed E-state index contributed by atoms with van der Waals surface area (Å²) in [5.74, 6) is 1.38. The van der Waals surface area contributed by atoms with Crippen molar-refractivity contribution in [2.45, 2.75) is 12.8 Å². The third-order valence-electron chi connectivity index (χ3n) is 3.74. The largest absolute Gasteiger partial charge is 0.340 e. The standard InChI is InChI=1S/C18H16N4/c1-3-13-7-8-14-4-2-6-16(12-14)21-18-19-10-9-17(22-18)20-15(5-1)11-13/h1-6,9-12H,7-8H2,(H2,19,20,21,22). The Bertz CT molecular complexity index is 749. The number of nitrogens with zero attached hydrogens (tertiary/aromatic N) is 2. The number of aryl methyl sites for hydroxylation is 2. The molecule has 0 spiro atoms. The van der Waals surface area contributed by atoms with E-state index in [0.717, 1.165) is 30.0 Å². The lowest BCUT2D eigenvalue weighted by molar-refractivity contribution is 0.961. The Labute approximate surface area is 129 Å². The molecule has 0 saturated carbocycles. The van der Waals surface area contributed by atoms with Crippen molar-refractivity contribution >= 4 is 23.1 Å². The summed E-state index contributed by atoms with van der Waals surface area (Å²) in [6.45, 7) is 0. The van der Waals surface area contributed by atoms with Gasteiger partial charge in [-0.3, -0.25) is 0 Å². The molecular weight excluding hydrogens is 272 g/mol. The molecule has 2 heterocycles. The van der Waals surface area contributed by atoms with Gasteiger partial charge < -0.3 is 10.6 Å².